The van der Waals surface area contributed by atoms with Crippen LogP contribution in [0, 0.1) is 5.92 Å². The van der Waals surface area contributed by atoms with E-state index in [0.29, 0.717) is 6.42 Å². The molecule has 0 aliphatic carbocycles. The van der Waals surface area contributed by atoms with Crippen molar-refractivity contribution in [3.05, 3.63) is 29.8 Å². The van der Waals surface area contributed by atoms with Crippen LogP contribution in [0.2, 0.25) is 0 Å². The van der Waals surface area contributed by atoms with E-state index in [4.69, 9.17) is 0 Å². The molecule has 0 atom stereocenters. The first-order valence-electron chi connectivity index (χ1n) is 6.74. The number of Topliss-reactive ketones (excluding diaryl/α,β-unsaturated/α-hetero) is 1. The van der Waals surface area contributed by atoms with Gasteiger partial charge in [-0.05, 0) is 54.5 Å². The minimum Gasteiger partial charge on any atom is -0.385 e. The third-order valence-electron chi connectivity index (χ3n) is 3.46. The Balaban J connectivity index is 1.84. The molecular weight excluding hydrogens is 242 g/mol. The van der Waals surface area contributed by atoms with E-state index < -0.39 is 0 Å². The van der Waals surface area contributed by atoms with Crippen LogP contribution >= 0.6 is 11.8 Å². The molecular formula is C15H21NOS. The van der Waals surface area contributed by atoms with Crippen LogP contribution in [0.5, 0.6) is 0 Å². The highest BCUT2D eigenvalue weighted by Crippen LogP contribution is 2.23. The van der Waals surface area contributed by atoms with Gasteiger partial charge >= 0.3 is 0 Å². The van der Waals surface area contributed by atoms with Crippen molar-refractivity contribution in [2.75, 3.05) is 23.4 Å². The zero-order valence-electron chi connectivity index (χ0n) is 10.9. The quantitative estimate of drug-likeness (QED) is 0.818. The molecule has 0 saturated carbocycles. The number of carbonyl (C=O) groups is 1. The molecule has 1 fully saturated rings. The summed E-state index contributed by atoms with van der Waals surface area (Å²) >= 11 is 2.06. The summed E-state index contributed by atoms with van der Waals surface area (Å²) in [7, 11) is 0. The summed E-state index contributed by atoms with van der Waals surface area (Å²) in [5.74, 6) is 3.63. The molecule has 1 aliphatic rings. The Bertz CT molecular complexity index is 382. The van der Waals surface area contributed by atoms with E-state index in [-0.39, 0.29) is 5.78 Å². The molecule has 1 saturated heterocycles. The van der Waals surface area contributed by atoms with E-state index in [1.54, 1.807) is 0 Å². The lowest BCUT2D eigenvalue weighted by molar-refractivity contribution is 0.0988. The van der Waals surface area contributed by atoms with Gasteiger partial charge in [-0.25, -0.2) is 0 Å². The minimum atomic E-state index is 0.214. The number of hydrogen-bond acceptors (Lipinski definition) is 3. The molecule has 1 aromatic rings. The third kappa shape index (κ3) is 3.77. The largest absolute Gasteiger partial charge is 0.385 e. The molecule has 1 aromatic carbocycles. The lowest BCUT2D eigenvalue weighted by Gasteiger charge is -2.22. The summed E-state index contributed by atoms with van der Waals surface area (Å²) in [4.78, 5) is 11.5. The van der Waals surface area contributed by atoms with Crippen molar-refractivity contribution >= 4 is 23.2 Å². The average molecular weight is 263 g/mol. The molecule has 18 heavy (non-hydrogen) atoms. The fraction of sp³-hybridized carbons (Fsp3) is 0.533. The monoisotopic (exact) mass is 263 g/mol. The Kier molecular flexibility index (Phi) is 5.12. The molecule has 1 N–H and O–H groups in total. The van der Waals surface area contributed by atoms with Gasteiger partial charge in [0, 0.05) is 24.2 Å². The molecule has 3 heteroatoms. The smallest absolute Gasteiger partial charge is 0.162 e. The van der Waals surface area contributed by atoms with Gasteiger partial charge in [-0.1, -0.05) is 6.92 Å². The highest BCUT2D eigenvalue weighted by atomic mass is 32.2. The maximum Gasteiger partial charge on any atom is 0.162 e. The fourth-order valence-corrected chi connectivity index (χ4v) is 3.39. The van der Waals surface area contributed by atoms with Gasteiger partial charge < -0.3 is 5.32 Å². The number of thioether (sulfide) groups is 1. The third-order valence-corrected chi connectivity index (χ3v) is 4.51. The second-order valence-corrected chi connectivity index (χ2v) is 6.02. The van der Waals surface area contributed by atoms with E-state index in [1.165, 1.54) is 24.3 Å². The van der Waals surface area contributed by atoms with Crippen molar-refractivity contribution in [1.29, 1.82) is 0 Å². The number of benzene rings is 1. The molecule has 1 heterocycles. The van der Waals surface area contributed by atoms with Crippen molar-refractivity contribution in [3.8, 4) is 0 Å². The van der Waals surface area contributed by atoms with Crippen molar-refractivity contribution in [1.82, 2.24) is 0 Å². The Labute approximate surface area is 114 Å². The normalized spacial score (nSPS) is 16.5. The maximum absolute atomic E-state index is 11.5. The van der Waals surface area contributed by atoms with Gasteiger partial charge in [0.05, 0.1) is 0 Å². The van der Waals surface area contributed by atoms with Gasteiger partial charge in [0.1, 0.15) is 0 Å². The van der Waals surface area contributed by atoms with Crippen LogP contribution < -0.4 is 5.32 Å². The van der Waals surface area contributed by atoms with Crippen molar-refractivity contribution < 1.29 is 4.79 Å². The zero-order chi connectivity index (χ0) is 12.8. The van der Waals surface area contributed by atoms with Gasteiger partial charge in [-0.2, -0.15) is 11.8 Å². The average Bonchev–Trinajstić information content (AvgIpc) is 2.46. The van der Waals surface area contributed by atoms with Crippen LogP contribution in [0.15, 0.2) is 24.3 Å². The predicted octanol–water partition coefficient (Wildman–Crippen LogP) is 3.83. The standard InChI is InChI=1S/C15H21NOS/c1-2-15(17)13-3-5-14(6-4-13)16-11-12-7-9-18-10-8-12/h3-6,12,16H,2,7-11H2,1H3. The first kappa shape index (κ1) is 13.5. The summed E-state index contributed by atoms with van der Waals surface area (Å²) < 4.78 is 0. The van der Waals surface area contributed by atoms with Crippen LogP contribution in [0.1, 0.15) is 36.5 Å². The van der Waals surface area contributed by atoms with Crippen molar-refractivity contribution in [2.45, 2.75) is 26.2 Å². The summed E-state index contributed by atoms with van der Waals surface area (Å²) in [6.45, 7) is 2.96. The van der Waals surface area contributed by atoms with Gasteiger partial charge in [-0.3, -0.25) is 4.79 Å². The molecule has 2 rings (SSSR count). The van der Waals surface area contributed by atoms with Crippen LogP contribution in [0.4, 0.5) is 5.69 Å². The number of rotatable bonds is 5. The van der Waals surface area contributed by atoms with Crippen LogP contribution in [-0.4, -0.2) is 23.8 Å². The summed E-state index contributed by atoms with van der Waals surface area (Å²) in [6, 6.07) is 7.87. The molecule has 0 unspecified atom stereocenters. The maximum atomic E-state index is 11.5. The summed E-state index contributed by atoms with van der Waals surface area (Å²) in [5, 5.41) is 3.48. The first-order chi connectivity index (χ1) is 8.79. The number of anilines is 1. The highest BCUT2D eigenvalue weighted by Gasteiger charge is 2.13. The van der Waals surface area contributed by atoms with E-state index in [2.05, 4.69) is 17.1 Å². The van der Waals surface area contributed by atoms with E-state index in [0.717, 1.165) is 23.7 Å². The SMILES string of the molecule is CCC(=O)c1ccc(NCC2CCSCC2)cc1. The van der Waals surface area contributed by atoms with Crippen LogP contribution in [-0.2, 0) is 0 Å². The highest BCUT2D eigenvalue weighted by molar-refractivity contribution is 7.99. The minimum absolute atomic E-state index is 0.214. The summed E-state index contributed by atoms with van der Waals surface area (Å²) in [5.41, 5.74) is 1.94. The van der Waals surface area contributed by atoms with E-state index in [9.17, 15) is 4.79 Å². The number of ketones is 1. The molecule has 0 bridgehead atoms. The molecule has 0 aromatic heterocycles. The van der Waals surface area contributed by atoms with Crippen LogP contribution in [0.25, 0.3) is 0 Å². The first-order valence-corrected chi connectivity index (χ1v) is 7.90. The molecule has 98 valence electrons. The number of carbonyl (C=O) groups excluding carboxylic acids is 1. The van der Waals surface area contributed by atoms with Gasteiger partial charge in [0.25, 0.3) is 0 Å². The fourth-order valence-electron chi connectivity index (χ4n) is 2.19. The molecule has 0 spiro atoms. The van der Waals surface area contributed by atoms with Crippen molar-refractivity contribution in [3.63, 3.8) is 0 Å². The molecule has 2 nitrogen and oxygen atoms in total. The topological polar surface area (TPSA) is 29.1 Å². The predicted molar refractivity (Wildman–Crippen MR) is 79.6 cm³/mol. The number of nitrogens with one attached hydrogen (secondary N) is 1. The van der Waals surface area contributed by atoms with E-state index >= 15 is 0 Å². The summed E-state index contributed by atoms with van der Waals surface area (Å²) in [6.07, 6.45) is 3.22. The lowest BCUT2D eigenvalue weighted by Crippen LogP contribution is -2.19. The van der Waals surface area contributed by atoms with E-state index in [1.807, 2.05) is 31.2 Å². The van der Waals surface area contributed by atoms with Crippen LogP contribution in [0.3, 0.4) is 0 Å². The Morgan fingerprint density at radius 1 is 1.28 bits per heavy atom. The number of hydrogen-bond donors (Lipinski definition) is 1. The van der Waals surface area contributed by atoms with Gasteiger partial charge in [0.2, 0.25) is 0 Å². The Hall–Kier alpha value is -0.960. The lowest BCUT2D eigenvalue weighted by atomic mass is 10.0. The second-order valence-electron chi connectivity index (χ2n) is 4.79. The molecule has 0 amide bonds. The van der Waals surface area contributed by atoms with Gasteiger partial charge in [0.15, 0.2) is 5.78 Å². The zero-order valence-corrected chi connectivity index (χ0v) is 11.8. The second kappa shape index (κ2) is 6.83. The van der Waals surface area contributed by atoms with Crippen molar-refractivity contribution in [2.24, 2.45) is 5.92 Å². The van der Waals surface area contributed by atoms with Gasteiger partial charge in [-0.15, -0.1) is 0 Å². The molecule has 1 aliphatic heterocycles. The Morgan fingerprint density at radius 3 is 2.56 bits per heavy atom. The molecule has 0 radical (unpaired) electrons. The Morgan fingerprint density at radius 2 is 1.94 bits per heavy atom.